The number of hydrogen-bond donors (Lipinski definition) is 0. The molecule has 3 nitrogen and oxygen atoms in total. The molecule has 4 heteroatoms. The molecule has 1 aliphatic rings. The van der Waals surface area contributed by atoms with Crippen molar-refractivity contribution in [2.45, 2.75) is 31.4 Å². The molecule has 0 bridgehead atoms. The first kappa shape index (κ1) is 13.6. The van der Waals surface area contributed by atoms with E-state index >= 15 is 0 Å². The van der Waals surface area contributed by atoms with E-state index in [2.05, 4.69) is 15.9 Å². The van der Waals surface area contributed by atoms with Gasteiger partial charge in [0.05, 0.1) is 12.2 Å². The van der Waals surface area contributed by atoms with Gasteiger partial charge in [-0.05, 0) is 31.5 Å². The van der Waals surface area contributed by atoms with E-state index in [1.165, 1.54) is 5.56 Å². The number of ether oxygens (including phenoxy) is 1. The molecule has 1 aromatic rings. The van der Waals surface area contributed by atoms with Gasteiger partial charge in [0.15, 0.2) is 0 Å². The first-order chi connectivity index (χ1) is 8.60. The van der Waals surface area contributed by atoms with Gasteiger partial charge in [-0.15, -0.1) is 0 Å². The molecule has 1 fully saturated rings. The van der Waals surface area contributed by atoms with E-state index in [0.717, 1.165) is 10.9 Å². The van der Waals surface area contributed by atoms with Gasteiger partial charge in [0.1, 0.15) is 0 Å². The fourth-order valence-electron chi connectivity index (χ4n) is 2.26. The summed E-state index contributed by atoms with van der Waals surface area (Å²) in [6.45, 7) is 5.35. The van der Waals surface area contributed by atoms with Gasteiger partial charge in [0.2, 0.25) is 0 Å². The maximum atomic E-state index is 12.3. The first-order valence-electron chi connectivity index (χ1n) is 6.19. The average Bonchev–Trinajstić information content (AvgIpc) is 2.37. The van der Waals surface area contributed by atoms with Crippen LogP contribution in [0.25, 0.3) is 0 Å². The Bertz CT molecular complexity index is 408. The van der Waals surface area contributed by atoms with Gasteiger partial charge in [-0.25, -0.2) is 0 Å². The van der Waals surface area contributed by atoms with Crippen LogP contribution < -0.4 is 0 Å². The largest absolute Gasteiger partial charge is 0.372 e. The minimum absolute atomic E-state index is 0.0955. The maximum absolute atomic E-state index is 12.3. The highest BCUT2D eigenvalue weighted by atomic mass is 79.9. The summed E-state index contributed by atoms with van der Waals surface area (Å²) in [6.07, 6.45) is 0.221. The summed E-state index contributed by atoms with van der Waals surface area (Å²) < 4.78 is 5.64. The van der Waals surface area contributed by atoms with Crippen molar-refractivity contribution in [1.29, 1.82) is 0 Å². The van der Waals surface area contributed by atoms with Crippen molar-refractivity contribution in [2.24, 2.45) is 0 Å². The molecule has 1 amide bonds. The summed E-state index contributed by atoms with van der Waals surface area (Å²) in [4.78, 5) is 14.2. The van der Waals surface area contributed by atoms with E-state index in [4.69, 9.17) is 4.74 Å². The van der Waals surface area contributed by atoms with Crippen LogP contribution in [0.3, 0.4) is 0 Å². The Morgan fingerprint density at radius 2 is 1.83 bits per heavy atom. The van der Waals surface area contributed by atoms with Crippen LogP contribution in [0.15, 0.2) is 24.3 Å². The van der Waals surface area contributed by atoms with Gasteiger partial charge in [0, 0.05) is 24.0 Å². The Morgan fingerprint density at radius 3 is 2.33 bits per heavy atom. The van der Waals surface area contributed by atoms with Crippen LogP contribution in [0, 0.1) is 0 Å². The lowest BCUT2D eigenvalue weighted by molar-refractivity contribution is -0.0586. The highest BCUT2D eigenvalue weighted by molar-refractivity contribution is 9.08. The minimum Gasteiger partial charge on any atom is -0.372 e. The monoisotopic (exact) mass is 311 g/mol. The summed E-state index contributed by atoms with van der Waals surface area (Å²) in [7, 11) is 0. The number of carbonyl (C=O) groups is 1. The first-order valence-corrected chi connectivity index (χ1v) is 7.32. The zero-order chi connectivity index (χ0) is 13.1. The lowest BCUT2D eigenvalue weighted by Gasteiger charge is -2.35. The number of rotatable bonds is 2. The SMILES string of the molecule is CC1CN(C(=O)c2ccc(CBr)cc2)CC(C)O1. The number of morpholine rings is 1. The third-order valence-corrected chi connectivity index (χ3v) is 3.71. The molecule has 1 saturated heterocycles. The van der Waals surface area contributed by atoms with Crippen LogP contribution in [0.4, 0.5) is 0 Å². The van der Waals surface area contributed by atoms with Gasteiger partial charge < -0.3 is 9.64 Å². The molecule has 0 aliphatic carbocycles. The zero-order valence-corrected chi connectivity index (χ0v) is 12.3. The molecular formula is C14H18BrNO2. The van der Waals surface area contributed by atoms with Crippen molar-refractivity contribution in [3.8, 4) is 0 Å². The maximum Gasteiger partial charge on any atom is 0.254 e. The van der Waals surface area contributed by atoms with Crippen molar-refractivity contribution in [3.05, 3.63) is 35.4 Å². The second-order valence-corrected chi connectivity index (χ2v) is 5.36. The minimum atomic E-state index is 0.0955. The van der Waals surface area contributed by atoms with Crippen LogP contribution in [0.5, 0.6) is 0 Å². The molecule has 2 atom stereocenters. The number of nitrogens with zero attached hydrogens (tertiary/aromatic N) is 1. The molecule has 0 spiro atoms. The van der Waals surface area contributed by atoms with Crippen molar-refractivity contribution in [2.75, 3.05) is 13.1 Å². The van der Waals surface area contributed by atoms with Crippen LogP contribution in [0.2, 0.25) is 0 Å². The summed E-state index contributed by atoms with van der Waals surface area (Å²) >= 11 is 3.40. The lowest BCUT2D eigenvalue weighted by atomic mass is 10.1. The van der Waals surface area contributed by atoms with Gasteiger partial charge in [-0.2, -0.15) is 0 Å². The molecule has 1 aliphatic heterocycles. The number of hydrogen-bond acceptors (Lipinski definition) is 2. The van der Waals surface area contributed by atoms with Gasteiger partial charge >= 0.3 is 0 Å². The Morgan fingerprint density at radius 1 is 1.28 bits per heavy atom. The van der Waals surface area contributed by atoms with Crippen LogP contribution >= 0.6 is 15.9 Å². The molecule has 98 valence electrons. The van der Waals surface area contributed by atoms with E-state index < -0.39 is 0 Å². The fraction of sp³-hybridized carbons (Fsp3) is 0.500. The number of halogens is 1. The summed E-state index contributed by atoms with van der Waals surface area (Å²) in [6, 6.07) is 7.75. The smallest absolute Gasteiger partial charge is 0.254 e. The standard InChI is InChI=1S/C14H18BrNO2/c1-10-8-16(9-11(2)18-10)14(17)13-5-3-12(7-15)4-6-13/h3-6,10-11H,7-9H2,1-2H3. The second-order valence-electron chi connectivity index (χ2n) is 4.80. The van der Waals surface area contributed by atoms with E-state index in [1.54, 1.807) is 0 Å². The third-order valence-electron chi connectivity index (χ3n) is 3.06. The van der Waals surface area contributed by atoms with Crippen LogP contribution in [-0.2, 0) is 10.1 Å². The van der Waals surface area contributed by atoms with E-state index in [-0.39, 0.29) is 18.1 Å². The number of carbonyl (C=O) groups excluding carboxylic acids is 1. The van der Waals surface area contributed by atoms with Gasteiger partial charge in [-0.3, -0.25) is 4.79 Å². The average molecular weight is 312 g/mol. The van der Waals surface area contributed by atoms with E-state index in [9.17, 15) is 4.79 Å². The molecule has 0 aromatic heterocycles. The van der Waals surface area contributed by atoms with Crippen molar-refractivity contribution in [1.82, 2.24) is 4.90 Å². The molecule has 1 aromatic carbocycles. The molecule has 2 rings (SSSR count). The Balaban J connectivity index is 2.09. The summed E-state index contributed by atoms with van der Waals surface area (Å²) in [5.41, 5.74) is 1.93. The van der Waals surface area contributed by atoms with E-state index in [0.29, 0.717) is 13.1 Å². The summed E-state index contributed by atoms with van der Waals surface area (Å²) in [5, 5.41) is 0.813. The molecule has 0 saturated carbocycles. The van der Waals surface area contributed by atoms with Crippen molar-refractivity contribution in [3.63, 3.8) is 0 Å². The molecular weight excluding hydrogens is 294 g/mol. The Kier molecular flexibility index (Phi) is 4.40. The van der Waals surface area contributed by atoms with Crippen molar-refractivity contribution < 1.29 is 9.53 Å². The summed E-state index contributed by atoms with van der Waals surface area (Å²) in [5.74, 6) is 0.0955. The molecule has 0 radical (unpaired) electrons. The fourth-order valence-corrected chi connectivity index (χ4v) is 2.64. The normalized spacial score (nSPS) is 24.1. The molecule has 1 heterocycles. The highest BCUT2D eigenvalue weighted by Crippen LogP contribution is 2.15. The molecule has 2 unspecified atom stereocenters. The molecule has 18 heavy (non-hydrogen) atoms. The number of benzene rings is 1. The zero-order valence-electron chi connectivity index (χ0n) is 10.7. The van der Waals surface area contributed by atoms with Crippen molar-refractivity contribution >= 4 is 21.8 Å². The third kappa shape index (κ3) is 3.12. The van der Waals surface area contributed by atoms with Gasteiger partial charge in [0.25, 0.3) is 5.91 Å². The predicted octanol–water partition coefficient (Wildman–Crippen LogP) is 2.83. The lowest BCUT2D eigenvalue weighted by Crippen LogP contribution is -2.48. The second kappa shape index (κ2) is 5.85. The quantitative estimate of drug-likeness (QED) is 0.786. The Hall–Kier alpha value is -0.870. The van der Waals surface area contributed by atoms with E-state index in [1.807, 2.05) is 43.0 Å². The number of amides is 1. The predicted molar refractivity (Wildman–Crippen MR) is 75.0 cm³/mol. The van der Waals surface area contributed by atoms with Gasteiger partial charge in [-0.1, -0.05) is 28.1 Å². The number of alkyl halides is 1. The highest BCUT2D eigenvalue weighted by Gasteiger charge is 2.26. The van der Waals surface area contributed by atoms with Crippen LogP contribution in [-0.4, -0.2) is 36.1 Å². The van der Waals surface area contributed by atoms with Crippen LogP contribution in [0.1, 0.15) is 29.8 Å². The topological polar surface area (TPSA) is 29.5 Å². The molecule has 0 N–H and O–H groups in total. The Labute approximate surface area is 116 Å².